The van der Waals surface area contributed by atoms with Gasteiger partial charge >= 0.3 is 17.9 Å². The Morgan fingerprint density at radius 1 is 0.345 bits per heavy atom. The van der Waals surface area contributed by atoms with Gasteiger partial charge in [-0.3, -0.25) is 14.4 Å². The summed E-state index contributed by atoms with van der Waals surface area (Å²) in [4.78, 5) is 37.8. The minimum absolute atomic E-state index is 0.101. The van der Waals surface area contributed by atoms with Crippen LogP contribution in [0.25, 0.3) is 0 Å². The highest BCUT2D eigenvalue weighted by Gasteiger charge is 2.19. The molecule has 6 nitrogen and oxygen atoms in total. The van der Waals surface area contributed by atoms with Gasteiger partial charge in [-0.05, 0) is 83.5 Å². The Hall–Kier alpha value is -2.63. The summed E-state index contributed by atoms with van der Waals surface area (Å²) in [6.45, 7) is 6.52. The number of unbranched alkanes of at least 4 members (excludes halogenated alkanes) is 25. The first kappa shape index (κ1) is 55.4. The first-order valence-electron chi connectivity index (χ1n) is 24.6. The number of hydrogen-bond donors (Lipinski definition) is 0. The van der Waals surface area contributed by atoms with Gasteiger partial charge in [-0.1, -0.05) is 191 Å². The fraction of sp³-hybridized carbons (Fsp3) is 0.788. The number of esters is 3. The van der Waals surface area contributed by atoms with Gasteiger partial charge in [0.2, 0.25) is 0 Å². The lowest BCUT2D eigenvalue weighted by atomic mass is 10.1. The number of allylic oxidation sites excluding steroid dienone is 8. The Kier molecular flexibility index (Phi) is 44.9. The molecule has 0 heterocycles. The smallest absolute Gasteiger partial charge is 0.306 e. The first-order chi connectivity index (χ1) is 28.5. The van der Waals surface area contributed by atoms with Crippen molar-refractivity contribution in [2.75, 3.05) is 13.2 Å². The van der Waals surface area contributed by atoms with E-state index in [1.807, 2.05) is 6.08 Å². The largest absolute Gasteiger partial charge is 0.462 e. The molecular formula is C52H92O6. The van der Waals surface area contributed by atoms with Gasteiger partial charge in [-0.25, -0.2) is 0 Å². The van der Waals surface area contributed by atoms with Crippen LogP contribution in [0.5, 0.6) is 0 Å². The maximum absolute atomic E-state index is 12.7. The summed E-state index contributed by atoms with van der Waals surface area (Å²) in [6.07, 6.45) is 55.4. The summed E-state index contributed by atoms with van der Waals surface area (Å²) in [5.41, 5.74) is 0. The van der Waals surface area contributed by atoms with E-state index < -0.39 is 6.10 Å². The molecule has 0 aliphatic carbocycles. The van der Waals surface area contributed by atoms with E-state index >= 15 is 0 Å². The van der Waals surface area contributed by atoms with Gasteiger partial charge in [0.1, 0.15) is 13.2 Å². The monoisotopic (exact) mass is 813 g/mol. The summed E-state index contributed by atoms with van der Waals surface area (Å²) in [7, 11) is 0. The molecule has 0 aliphatic rings. The topological polar surface area (TPSA) is 78.9 Å². The van der Waals surface area contributed by atoms with E-state index in [9.17, 15) is 14.4 Å². The zero-order chi connectivity index (χ0) is 42.3. The second-order valence-electron chi connectivity index (χ2n) is 16.4. The molecule has 0 saturated heterocycles. The number of carbonyl (C=O) groups is 3. The van der Waals surface area contributed by atoms with E-state index in [1.165, 1.54) is 128 Å². The number of hydrogen-bond acceptors (Lipinski definition) is 6. The van der Waals surface area contributed by atoms with Crippen molar-refractivity contribution in [1.82, 2.24) is 0 Å². The highest BCUT2D eigenvalue weighted by molar-refractivity contribution is 5.71. The molecule has 0 N–H and O–H groups in total. The van der Waals surface area contributed by atoms with Crippen molar-refractivity contribution >= 4 is 17.9 Å². The van der Waals surface area contributed by atoms with Crippen LogP contribution in [-0.4, -0.2) is 37.2 Å². The van der Waals surface area contributed by atoms with Crippen LogP contribution in [0.1, 0.15) is 245 Å². The van der Waals surface area contributed by atoms with Gasteiger partial charge in [0.15, 0.2) is 6.10 Å². The predicted molar refractivity (Wildman–Crippen MR) is 247 cm³/mol. The molecule has 0 saturated carbocycles. The SMILES string of the molecule is CCCC/C=C\CCCCCCC(=O)OCC(COC(=O)CCCCCCCCC/C=C\CCCCCCCC)OC(=O)CC/C=C\C/C=C\CCCCCCCC. The van der Waals surface area contributed by atoms with Crippen molar-refractivity contribution in [3.05, 3.63) is 48.6 Å². The van der Waals surface area contributed by atoms with Gasteiger partial charge in [0.05, 0.1) is 0 Å². The summed E-state index contributed by atoms with van der Waals surface area (Å²) < 4.78 is 16.7. The normalized spacial score (nSPS) is 12.4. The van der Waals surface area contributed by atoms with Gasteiger partial charge in [-0.2, -0.15) is 0 Å². The third-order valence-electron chi connectivity index (χ3n) is 10.5. The summed E-state index contributed by atoms with van der Waals surface area (Å²) in [5, 5.41) is 0. The Balaban J connectivity index is 4.40. The standard InChI is InChI=1S/C52H92O6/c1-4-7-10-13-16-19-22-24-25-26-27-29-30-33-36-39-42-45-51(54)57-48-49(47-56-50(53)44-41-38-35-32-21-18-15-12-9-6-3)58-52(55)46-43-40-37-34-31-28-23-20-17-14-11-8-5-2/h15,18,24-25,28,31,37,40,49H,4-14,16-17,19-23,26-27,29-30,32-36,38-39,41-48H2,1-3H3/b18-15-,25-24-,31-28-,40-37-. The first-order valence-corrected chi connectivity index (χ1v) is 24.6. The molecule has 0 aliphatic heterocycles. The lowest BCUT2D eigenvalue weighted by molar-refractivity contribution is -0.166. The van der Waals surface area contributed by atoms with Crippen LogP contribution < -0.4 is 0 Å². The minimum Gasteiger partial charge on any atom is -0.462 e. The molecule has 0 fully saturated rings. The fourth-order valence-corrected chi connectivity index (χ4v) is 6.76. The van der Waals surface area contributed by atoms with Crippen LogP contribution in [-0.2, 0) is 28.6 Å². The van der Waals surface area contributed by atoms with Crippen LogP contribution in [0.2, 0.25) is 0 Å². The number of rotatable bonds is 44. The van der Waals surface area contributed by atoms with Crippen molar-refractivity contribution in [3.8, 4) is 0 Å². The highest BCUT2D eigenvalue weighted by atomic mass is 16.6. The van der Waals surface area contributed by atoms with Crippen LogP contribution in [0.4, 0.5) is 0 Å². The molecular weight excluding hydrogens is 721 g/mol. The van der Waals surface area contributed by atoms with Crippen LogP contribution in [0, 0.1) is 0 Å². The lowest BCUT2D eigenvalue weighted by Gasteiger charge is -2.18. The number of ether oxygens (including phenoxy) is 3. The van der Waals surface area contributed by atoms with Gasteiger partial charge in [0.25, 0.3) is 0 Å². The maximum Gasteiger partial charge on any atom is 0.306 e. The number of carbonyl (C=O) groups excluding carboxylic acids is 3. The average Bonchev–Trinajstić information content (AvgIpc) is 3.22. The highest BCUT2D eigenvalue weighted by Crippen LogP contribution is 2.13. The molecule has 58 heavy (non-hydrogen) atoms. The molecule has 1 atom stereocenters. The summed E-state index contributed by atoms with van der Waals surface area (Å²) in [6, 6.07) is 0. The summed E-state index contributed by atoms with van der Waals surface area (Å²) >= 11 is 0. The van der Waals surface area contributed by atoms with Crippen LogP contribution >= 0.6 is 0 Å². The van der Waals surface area contributed by atoms with Crippen molar-refractivity contribution in [3.63, 3.8) is 0 Å². The Morgan fingerprint density at radius 3 is 1.09 bits per heavy atom. The Bertz CT molecular complexity index is 1030. The molecule has 6 heteroatoms. The van der Waals surface area contributed by atoms with Gasteiger partial charge in [-0.15, -0.1) is 0 Å². The second-order valence-corrected chi connectivity index (χ2v) is 16.4. The molecule has 0 rings (SSSR count). The van der Waals surface area contributed by atoms with Crippen LogP contribution in [0.15, 0.2) is 48.6 Å². The zero-order valence-corrected chi connectivity index (χ0v) is 38.3. The maximum atomic E-state index is 12.7. The molecule has 0 bridgehead atoms. The van der Waals surface area contributed by atoms with Crippen LogP contribution in [0.3, 0.4) is 0 Å². The van der Waals surface area contributed by atoms with Crippen molar-refractivity contribution < 1.29 is 28.6 Å². The molecule has 0 aromatic carbocycles. The van der Waals surface area contributed by atoms with Crippen molar-refractivity contribution in [2.24, 2.45) is 0 Å². The van der Waals surface area contributed by atoms with Crippen molar-refractivity contribution in [2.45, 2.75) is 252 Å². The summed E-state index contributed by atoms with van der Waals surface area (Å²) in [5.74, 6) is -0.986. The zero-order valence-electron chi connectivity index (χ0n) is 38.3. The average molecular weight is 813 g/mol. The van der Waals surface area contributed by atoms with Gasteiger partial charge < -0.3 is 14.2 Å². The Labute approximate surface area is 358 Å². The quantitative estimate of drug-likeness (QED) is 0.0264. The third-order valence-corrected chi connectivity index (χ3v) is 10.5. The molecule has 0 radical (unpaired) electrons. The van der Waals surface area contributed by atoms with E-state index in [1.54, 1.807) is 0 Å². The van der Waals surface area contributed by atoms with Gasteiger partial charge in [0, 0.05) is 19.3 Å². The third kappa shape index (κ3) is 44.5. The minimum atomic E-state index is -0.806. The van der Waals surface area contributed by atoms with E-state index in [-0.39, 0.29) is 37.5 Å². The van der Waals surface area contributed by atoms with E-state index in [2.05, 4.69) is 63.3 Å². The molecule has 0 spiro atoms. The lowest BCUT2D eigenvalue weighted by Crippen LogP contribution is -2.30. The predicted octanol–water partition coefficient (Wildman–Crippen LogP) is 15.9. The fourth-order valence-electron chi connectivity index (χ4n) is 6.76. The Morgan fingerprint density at radius 2 is 0.672 bits per heavy atom. The molecule has 0 aromatic rings. The van der Waals surface area contributed by atoms with Crippen molar-refractivity contribution in [1.29, 1.82) is 0 Å². The molecule has 0 amide bonds. The van der Waals surface area contributed by atoms with E-state index in [4.69, 9.17) is 14.2 Å². The second kappa shape index (κ2) is 47.1. The van der Waals surface area contributed by atoms with E-state index in [0.29, 0.717) is 19.3 Å². The molecule has 1 unspecified atom stereocenters. The van der Waals surface area contributed by atoms with E-state index in [0.717, 1.165) is 70.6 Å². The molecule has 336 valence electrons. The molecule has 0 aromatic heterocycles.